The van der Waals surface area contributed by atoms with E-state index in [-0.39, 0.29) is 30.7 Å². The molecule has 164 valence electrons. The summed E-state index contributed by atoms with van der Waals surface area (Å²) in [6.45, 7) is 8.78. The summed E-state index contributed by atoms with van der Waals surface area (Å²) in [5.41, 5.74) is 6.13. The lowest BCUT2D eigenvalue weighted by molar-refractivity contribution is -0.137. The number of amides is 3. The molecule has 1 aliphatic heterocycles. The number of likely N-dealkylation sites (tertiary alicyclic amines) is 1. The number of aryl methyl sites for hydroxylation is 4. The molecule has 2 aromatic carbocycles. The molecule has 31 heavy (non-hydrogen) atoms. The van der Waals surface area contributed by atoms with Gasteiger partial charge in [0.05, 0.1) is 12.5 Å². The van der Waals surface area contributed by atoms with Gasteiger partial charge in [0.25, 0.3) is 0 Å². The first-order valence-corrected chi connectivity index (χ1v) is 10.6. The van der Waals surface area contributed by atoms with Gasteiger partial charge in [0.1, 0.15) is 0 Å². The molecule has 3 rings (SSSR count). The molecule has 0 saturated carbocycles. The predicted octanol–water partition coefficient (Wildman–Crippen LogP) is 3.37. The Bertz CT molecular complexity index is 975. The lowest BCUT2D eigenvalue weighted by Gasteiger charge is -2.22. The summed E-state index contributed by atoms with van der Waals surface area (Å²) in [6.07, 6.45) is 0.187. The maximum Gasteiger partial charge on any atom is 0.243 e. The Balaban J connectivity index is 1.56. The number of nitrogens with zero attached hydrogens (tertiary/aromatic N) is 2. The number of carbonyl (C=O) groups is 3. The Morgan fingerprint density at radius 2 is 1.65 bits per heavy atom. The molecule has 1 aliphatic rings. The third-order valence-corrected chi connectivity index (χ3v) is 5.76. The number of rotatable bonds is 6. The lowest BCUT2D eigenvalue weighted by atomic mass is 10.0. The van der Waals surface area contributed by atoms with Crippen molar-refractivity contribution < 1.29 is 14.4 Å². The van der Waals surface area contributed by atoms with Crippen molar-refractivity contribution in [2.24, 2.45) is 5.92 Å². The Kier molecular flexibility index (Phi) is 6.78. The first-order valence-electron chi connectivity index (χ1n) is 10.6. The molecule has 2 aromatic rings. The molecule has 6 heteroatoms. The number of carbonyl (C=O) groups excluding carboxylic acids is 3. The topological polar surface area (TPSA) is 69.7 Å². The third-order valence-electron chi connectivity index (χ3n) is 5.76. The Morgan fingerprint density at radius 1 is 1.03 bits per heavy atom. The zero-order valence-electron chi connectivity index (χ0n) is 19.0. The van der Waals surface area contributed by atoms with Crippen molar-refractivity contribution in [1.29, 1.82) is 0 Å². The van der Waals surface area contributed by atoms with Crippen LogP contribution in [0.2, 0.25) is 0 Å². The van der Waals surface area contributed by atoms with E-state index in [1.165, 1.54) is 10.5 Å². The molecule has 0 unspecified atom stereocenters. The molecular formula is C25H31N3O3. The minimum Gasteiger partial charge on any atom is -0.338 e. The molecule has 1 N–H and O–H groups in total. The SMILES string of the molecule is Cc1ccc(CN2C[C@H](C(=O)N(C)CC(=O)Nc3c(C)cc(C)cc3C)CC2=O)cc1. The molecule has 3 amide bonds. The summed E-state index contributed by atoms with van der Waals surface area (Å²) in [5, 5.41) is 2.93. The van der Waals surface area contributed by atoms with Crippen molar-refractivity contribution >= 4 is 23.4 Å². The minimum atomic E-state index is -0.418. The fourth-order valence-electron chi connectivity index (χ4n) is 4.17. The number of hydrogen-bond acceptors (Lipinski definition) is 3. The summed E-state index contributed by atoms with van der Waals surface area (Å²) in [5.74, 6) is -0.861. The van der Waals surface area contributed by atoms with Gasteiger partial charge in [-0.05, 0) is 44.4 Å². The highest BCUT2D eigenvalue weighted by Crippen LogP contribution is 2.23. The Labute approximate surface area is 184 Å². The van der Waals surface area contributed by atoms with Crippen molar-refractivity contribution in [3.63, 3.8) is 0 Å². The summed E-state index contributed by atoms with van der Waals surface area (Å²) < 4.78 is 0. The molecular weight excluding hydrogens is 390 g/mol. The van der Waals surface area contributed by atoms with E-state index >= 15 is 0 Å². The van der Waals surface area contributed by atoms with Crippen LogP contribution in [0.25, 0.3) is 0 Å². The zero-order chi connectivity index (χ0) is 22.7. The second-order valence-corrected chi connectivity index (χ2v) is 8.68. The van der Waals surface area contributed by atoms with Gasteiger partial charge in [0.15, 0.2) is 0 Å². The molecule has 0 bridgehead atoms. The van der Waals surface area contributed by atoms with Gasteiger partial charge in [-0.1, -0.05) is 47.5 Å². The summed E-state index contributed by atoms with van der Waals surface area (Å²) >= 11 is 0. The molecule has 1 heterocycles. The van der Waals surface area contributed by atoms with E-state index in [1.54, 1.807) is 11.9 Å². The first-order chi connectivity index (χ1) is 14.6. The van der Waals surface area contributed by atoms with Crippen molar-refractivity contribution in [2.75, 3.05) is 25.5 Å². The Hall–Kier alpha value is -3.15. The van der Waals surface area contributed by atoms with Crippen LogP contribution in [0.4, 0.5) is 5.69 Å². The maximum atomic E-state index is 12.9. The van der Waals surface area contributed by atoms with Crippen LogP contribution in [0.1, 0.15) is 34.2 Å². The van der Waals surface area contributed by atoms with Crippen molar-refractivity contribution in [3.8, 4) is 0 Å². The van der Waals surface area contributed by atoms with Gasteiger partial charge in [0, 0.05) is 32.2 Å². The molecule has 1 atom stereocenters. The van der Waals surface area contributed by atoms with Gasteiger partial charge >= 0.3 is 0 Å². The van der Waals surface area contributed by atoms with Crippen molar-refractivity contribution in [3.05, 3.63) is 64.2 Å². The van der Waals surface area contributed by atoms with Crippen LogP contribution in [0, 0.1) is 33.6 Å². The van der Waals surface area contributed by atoms with E-state index in [0.29, 0.717) is 13.1 Å². The molecule has 1 saturated heterocycles. The fourth-order valence-corrected chi connectivity index (χ4v) is 4.17. The smallest absolute Gasteiger partial charge is 0.243 e. The van der Waals surface area contributed by atoms with Gasteiger partial charge in [0.2, 0.25) is 17.7 Å². The molecule has 0 spiro atoms. The summed E-state index contributed by atoms with van der Waals surface area (Å²) in [7, 11) is 1.61. The minimum absolute atomic E-state index is 0.0253. The number of nitrogens with one attached hydrogen (secondary N) is 1. The van der Waals surface area contributed by atoms with Gasteiger partial charge in [-0.2, -0.15) is 0 Å². The van der Waals surface area contributed by atoms with Crippen molar-refractivity contribution in [1.82, 2.24) is 9.80 Å². The van der Waals surface area contributed by atoms with Crippen LogP contribution in [-0.4, -0.2) is 47.7 Å². The second kappa shape index (κ2) is 9.33. The van der Waals surface area contributed by atoms with Crippen LogP contribution in [0.5, 0.6) is 0 Å². The number of likely N-dealkylation sites (N-methyl/N-ethyl adjacent to an activating group) is 1. The van der Waals surface area contributed by atoms with E-state index in [1.807, 2.05) is 64.1 Å². The Morgan fingerprint density at radius 3 is 2.26 bits per heavy atom. The average molecular weight is 422 g/mol. The van der Waals surface area contributed by atoms with E-state index in [2.05, 4.69) is 5.32 Å². The molecule has 0 aromatic heterocycles. The van der Waals surface area contributed by atoms with E-state index < -0.39 is 5.92 Å². The summed E-state index contributed by atoms with van der Waals surface area (Å²) in [4.78, 5) is 41.0. The van der Waals surface area contributed by atoms with Crippen LogP contribution in [-0.2, 0) is 20.9 Å². The van der Waals surface area contributed by atoms with Gasteiger partial charge in [-0.25, -0.2) is 0 Å². The van der Waals surface area contributed by atoms with E-state index in [4.69, 9.17) is 0 Å². The fraction of sp³-hybridized carbons (Fsp3) is 0.400. The lowest BCUT2D eigenvalue weighted by Crippen LogP contribution is -2.39. The van der Waals surface area contributed by atoms with Crippen LogP contribution in [0.15, 0.2) is 36.4 Å². The normalized spacial score (nSPS) is 15.8. The summed E-state index contributed by atoms with van der Waals surface area (Å²) in [6, 6.07) is 12.1. The van der Waals surface area contributed by atoms with E-state index in [9.17, 15) is 14.4 Å². The number of anilines is 1. The van der Waals surface area contributed by atoms with E-state index in [0.717, 1.165) is 27.9 Å². The second-order valence-electron chi connectivity index (χ2n) is 8.68. The van der Waals surface area contributed by atoms with Crippen LogP contribution < -0.4 is 5.32 Å². The zero-order valence-corrected chi connectivity index (χ0v) is 19.0. The molecule has 0 aliphatic carbocycles. The van der Waals surface area contributed by atoms with Crippen LogP contribution in [0.3, 0.4) is 0 Å². The third kappa shape index (κ3) is 5.51. The highest BCUT2D eigenvalue weighted by molar-refractivity contribution is 5.97. The molecule has 1 fully saturated rings. The number of benzene rings is 2. The van der Waals surface area contributed by atoms with Gasteiger partial charge in [-0.15, -0.1) is 0 Å². The van der Waals surface area contributed by atoms with Gasteiger partial charge < -0.3 is 15.1 Å². The predicted molar refractivity (Wildman–Crippen MR) is 122 cm³/mol. The van der Waals surface area contributed by atoms with Crippen LogP contribution >= 0.6 is 0 Å². The monoisotopic (exact) mass is 421 g/mol. The standard InChI is InChI=1S/C25H31N3O3/c1-16-6-8-20(9-7-16)13-28-14-21(12-23(28)30)25(31)27(5)15-22(29)26-24-18(3)10-17(2)11-19(24)4/h6-11,21H,12-15H2,1-5H3,(H,26,29)/t21-/m1/s1. The maximum absolute atomic E-state index is 12.9. The first kappa shape index (κ1) is 22.5. The van der Waals surface area contributed by atoms with Crippen molar-refractivity contribution in [2.45, 2.75) is 40.7 Å². The number of hydrogen-bond donors (Lipinski definition) is 1. The van der Waals surface area contributed by atoms with Gasteiger partial charge in [-0.3, -0.25) is 14.4 Å². The highest BCUT2D eigenvalue weighted by atomic mass is 16.2. The average Bonchev–Trinajstić information content (AvgIpc) is 3.06. The largest absolute Gasteiger partial charge is 0.338 e. The molecule has 0 radical (unpaired) electrons. The molecule has 6 nitrogen and oxygen atoms in total. The highest BCUT2D eigenvalue weighted by Gasteiger charge is 2.36. The quantitative estimate of drug-likeness (QED) is 0.778.